The van der Waals surface area contributed by atoms with Crippen LogP contribution < -0.4 is 16.0 Å². The van der Waals surface area contributed by atoms with Crippen LogP contribution in [0.4, 0.5) is 4.79 Å². The summed E-state index contributed by atoms with van der Waals surface area (Å²) in [6.45, 7) is 17.2. The molecule has 172 valence electrons. The van der Waals surface area contributed by atoms with Crippen LogP contribution in [0.2, 0.25) is 0 Å². The molecule has 7 heteroatoms. The van der Waals surface area contributed by atoms with Gasteiger partial charge in [0.15, 0.2) is 0 Å². The molecular weight excluding hydrogens is 370 g/mol. The highest BCUT2D eigenvalue weighted by Gasteiger charge is 2.32. The van der Waals surface area contributed by atoms with Crippen LogP contribution in [0.25, 0.3) is 0 Å². The number of nitrogens with one attached hydrogen (secondary N) is 3. The van der Waals surface area contributed by atoms with E-state index in [0.717, 1.165) is 19.4 Å². The normalized spacial score (nSPS) is 13.7. The minimum atomic E-state index is -0.634. The predicted molar refractivity (Wildman–Crippen MR) is 118 cm³/mol. The summed E-state index contributed by atoms with van der Waals surface area (Å²) in [4.78, 5) is 23.8. The molecule has 0 aromatic carbocycles. The second-order valence-electron chi connectivity index (χ2n) is 10.1. The molecule has 0 heterocycles. The molecular formula is C22H45N3O4. The van der Waals surface area contributed by atoms with Crippen LogP contribution in [0.5, 0.6) is 0 Å². The summed E-state index contributed by atoms with van der Waals surface area (Å²) < 4.78 is 5.55. The van der Waals surface area contributed by atoms with Crippen molar-refractivity contribution in [1.29, 1.82) is 0 Å². The lowest BCUT2D eigenvalue weighted by molar-refractivity contribution is -0.128. The molecule has 29 heavy (non-hydrogen) atoms. The van der Waals surface area contributed by atoms with E-state index in [4.69, 9.17) is 4.74 Å². The molecule has 0 spiro atoms. The lowest BCUT2D eigenvalue weighted by Gasteiger charge is -2.34. The van der Waals surface area contributed by atoms with E-state index in [-0.39, 0.29) is 11.3 Å². The van der Waals surface area contributed by atoms with Gasteiger partial charge in [0, 0.05) is 23.9 Å². The zero-order valence-corrected chi connectivity index (χ0v) is 19.9. The lowest BCUT2D eigenvalue weighted by Crippen LogP contribution is -2.44. The number of carbonyl (C=O) groups is 2. The molecule has 7 nitrogen and oxygen atoms in total. The van der Waals surface area contributed by atoms with Gasteiger partial charge in [0.05, 0.1) is 0 Å². The molecule has 0 aromatic rings. The molecule has 0 aliphatic heterocycles. The predicted octanol–water partition coefficient (Wildman–Crippen LogP) is 3.56. The van der Waals surface area contributed by atoms with Crippen molar-refractivity contribution in [3.63, 3.8) is 0 Å². The van der Waals surface area contributed by atoms with E-state index in [1.54, 1.807) is 0 Å². The highest BCUT2D eigenvalue weighted by molar-refractivity contribution is 5.81. The monoisotopic (exact) mass is 415 g/mol. The smallest absolute Gasteiger partial charge is 0.407 e. The average molecular weight is 416 g/mol. The molecule has 0 saturated carbocycles. The first-order valence-electron chi connectivity index (χ1n) is 10.9. The van der Waals surface area contributed by atoms with Crippen LogP contribution in [0, 0.1) is 10.8 Å². The van der Waals surface area contributed by atoms with Crippen LogP contribution in [-0.2, 0) is 9.53 Å². The van der Waals surface area contributed by atoms with Gasteiger partial charge in [0.25, 0.3) is 0 Å². The Hall–Kier alpha value is -1.34. The number of ether oxygens (including phenoxy) is 1. The number of hydrogen-bond acceptors (Lipinski definition) is 5. The van der Waals surface area contributed by atoms with Crippen molar-refractivity contribution >= 4 is 12.0 Å². The zero-order valence-electron chi connectivity index (χ0n) is 19.9. The third-order valence-electron chi connectivity index (χ3n) is 4.94. The number of alkyl carbamates (subject to hydrolysis) is 1. The maximum absolute atomic E-state index is 12.1. The fourth-order valence-corrected chi connectivity index (χ4v) is 2.54. The van der Waals surface area contributed by atoms with Gasteiger partial charge in [0.2, 0.25) is 5.91 Å². The number of unbranched alkanes of at least 4 members (excludes halogenated alkanes) is 1. The van der Waals surface area contributed by atoms with Gasteiger partial charge in [-0.3, -0.25) is 10.1 Å². The number of amides is 2. The number of hydrogen-bond donors (Lipinski definition) is 4. The van der Waals surface area contributed by atoms with E-state index in [0.29, 0.717) is 32.4 Å². The molecule has 0 bridgehead atoms. The number of aliphatic hydroxyl groups is 1. The van der Waals surface area contributed by atoms with Gasteiger partial charge in [-0.15, -0.1) is 0 Å². The average Bonchev–Trinajstić information content (AvgIpc) is 2.58. The van der Waals surface area contributed by atoms with Gasteiger partial charge in [-0.25, -0.2) is 4.79 Å². The van der Waals surface area contributed by atoms with Crippen LogP contribution in [0.1, 0.15) is 87.5 Å². The summed E-state index contributed by atoms with van der Waals surface area (Å²) in [7, 11) is 0. The quantitative estimate of drug-likeness (QED) is 0.272. The van der Waals surface area contributed by atoms with Crippen LogP contribution >= 0.6 is 0 Å². The minimum Gasteiger partial charge on any atom is -0.444 e. The molecule has 1 atom stereocenters. The molecule has 0 aliphatic rings. The second kappa shape index (κ2) is 12.4. The fraction of sp³-hybridized carbons (Fsp3) is 0.909. The Kier molecular flexibility index (Phi) is 11.8. The Bertz CT molecular complexity index is 499. The minimum absolute atomic E-state index is 0.00445. The van der Waals surface area contributed by atoms with Crippen molar-refractivity contribution in [2.45, 2.75) is 99.3 Å². The van der Waals surface area contributed by atoms with Gasteiger partial charge in [-0.05, 0) is 46.1 Å². The van der Waals surface area contributed by atoms with Crippen molar-refractivity contribution < 1.29 is 19.4 Å². The third kappa shape index (κ3) is 12.7. The third-order valence-corrected chi connectivity index (χ3v) is 4.94. The van der Waals surface area contributed by atoms with Gasteiger partial charge in [-0.1, -0.05) is 48.0 Å². The Morgan fingerprint density at radius 1 is 0.897 bits per heavy atom. The highest BCUT2D eigenvalue weighted by Crippen LogP contribution is 2.30. The first-order valence-corrected chi connectivity index (χ1v) is 10.9. The number of aliphatic hydroxyl groups excluding tert-OH is 1. The van der Waals surface area contributed by atoms with Gasteiger partial charge < -0.3 is 20.5 Å². The zero-order chi connectivity index (χ0) is 22.7. The fourth-order valence-electron chi connectivity index (χ4n) is 2.54. The second-order valence-corrected chi connectivity index (χ2v) is 10.1. The van der Waals surface area contributed by atoms with Gasteiger partial charge in [-0.2, -0.15) is 0 Å². The number of carbonyl (C=O) groups excluding carboxylic acids is 2. The molecule has 4 N–H and O–H groups in total. The van der Waals surface area contributed by atoms with Crippen LogP contribution in [0.3, 0.4) is 0 Å². The van der Waals surface area contributed by atoms with Gasteiger partial charge in [0.1, 0.15) is 11.8 Å². The van der Waals surface area contributed by atoms with E-state index < -0.39 is 23.3 Å². The summed E-state index contributed by atoms with van der Waals surface area (Å²) in [5.41, 5.74) is -1.37. The Labute approximate surface area is 177 Å². The van der Waals surface area contributed by atoms with Crippen molar-refractivity contribution in [3.05, 3.63) is 0 Å². The van der Waals surface area contributed by atoms with Crippen LogP contribution in [-0.4, -0.2) is 48.6 Å². The summed E-state index contributed by atoms with van der Waals surface area (Å²) >= 11 is 0. The van der Waals surface area contributed by atoms with Crippen molar-refractivity contribution in [3.8, 4) is 0 Å². The SMILES string of the molecule is CCCCNC(O)C(C)(C)CCC(C)(C)OC(=O)NCCCNC(=O)C(C)(C)C. The Morgan fingerprint density at radius 3 is 2.03 bits per heavy atom. The van der Waals surface area contributed by atoms with Gasteiger partial charge >= 0.3 is 6.09 Å². The van der Waals surface area contributed by atoms with E-state index in [2.05, 4.69) is 22.9 Å². The maximum atomic E-state index is 12.1. The molecule has 0 saturated heterocycles. The topological polar surface area (TPSA) is 99.7 Å². The van der Waals surface area contributed by atoms with Crippen LogP contribution in [0.15, 0.2) is 0 Å². The molecule has 0 aromatic heterocycles. The molecule has 2 amide bonds. The van der Waals surface area contributed by atoms with E-state index >= 15 is 0 Å². The largest absolute Gasteiger partial charge is 0.444 e. The maximum Gasteiger partial charge on any atom is 0.407 e. The summed E-state index contributed by atoms with van der Waals surface area (Å²) in [6, 6.07) is 0. The Morgan fingerprint density at radius 2 is 1.48 bits per heavy atom. The van der Waals surface area contributed by atoms with Crippen molar-refractivity contribution in [2.24, 2.45) is 10.8 Å². The first kappa shape index (κ1) is 27.7. The van der Waals surface area contributed by atoms with Crippen molar-refractivity contribution in [2.75, 3.05) is 19.6 Å². The lowest BCUT2D eigenvalue weighted by atomic mass is 9.82. The van der Waals surface area contributed by atoms with E-state index in [9.17, 15) is 14.7 Å². The highest BCUT2D eigenvalue weighted by atomic mass is 16.6. The number of rotatable bonds is 13. The Balaban J connectivity index is 4.19. The summed E-state index contributed by atoms with van der Waals surface area (Å²) in [5, 5.41) is 19.1. The molecule has 1 unspecified atom stereocenters. The summed E-state index contributed by atoms with van der Waals surface area (Å²) in [6.07, 6.45) is 3.05. The molecule has 0 aliphatic carbocycles. The standard InChI is InChI=1S/C22H45N3O4/c1-9-10-14-24-18(27)21(5,6)12-13-22(7,8)29-19(28)25-16-11-15-23-17(26)20(2,3)4/h18,24,27H,9-16H2,1-8H3,(H,23,26)(H,25,28). The first-order chi connectivity index (χ1) is 13.2. The van der Waals surface area contributed by atoms with E-state index in [1.165, 1.54) is 0 Å². The van der Waals surface area contributed by atoms with E-state index in [1.807, 2.05) is 48.5 Å². The molecule has 0 radical (unpaired) electrons. The molecule has 0 rings (SSSR count). The molecule has 0 fully saturated rings. The summed E-state index contributed by atoms with van der Waals surface area (Å²) in [5.74, 6) is -0.00445. The van der Waals surface area contributed by atoms with Crippen molar-refractivity contribution in [1.82, 2.24) is 16.0 Å².